The van der Waals surface area contributed by atoms with Crippen molar-refractivity contribution in [2.75, 3.05) is 5.32 Å². The van der Waals surface area contributed by atoms with Crippen LogP contribution >= 0.6 is 15.9 Å². The number of hydrogen-bond acceptors (Lipinski definition) is 4. The lowest BCUT2D eigenvalue weighted by Crippen LogP contribution is -2.20. The summed E-state index contributed by atoms with van der Waals surface area (Å²) in [4.78, 5) is 24.0. The second kappa shape index (κ2) is 12.2. The van der Waals surface area contributed by atoms with E-state index in [1.807, 2.05) is 30.3 Å². The van der Waals surface area contributed by atoms with Crippen LogP contribution in [0.15, 0.2) is 82.4 Å². The number of carbonyl (C=O) groups is 2. The van der Waals surface area contributed by atoms with Crippen LogP contribution in [-0.4, -0.2) is 18.0 Å². The molecule has 3 aromatic rings. The quantitative estimate of drug-likeness (QED) is 0.258. The molecule has 0 aliphatic rings. The van der Waals surface area contributed by atoms with Gasteiger partial charge < -0.3 is 10.1 Å². The lowest BCUT2D eigenvalue weighted by molar-refractivity contribution is -0.137. The molecule has 10 heteroatoms. The van der Waals surface area contributed by atoms with E-state index in [0.29, 0.717) is 17.9 Å². The second-order valence-electron chi connectivity index (χ2n) is 7.37. The van der Waals surface area contributed by atoms with Crippen molar-refractivity contribution in [3.05, 3.63) is 94.0 Å². The highest BCUT2D eigenvalue weighted by Gasteiger charge is 2.30. The van der Waals surface area contributed by atoms with E-state index in [-0.39, 0.29) is 18.5 Å². The van der Waals surface area contributed by atoms with Crippen molar-refractivity contribution in [3.8, 4) is 5.75 Å². The topological polar surface area (TPSA) is 79.8 Å². The van der Waals surface area contributed by atoms with Crippen molar-refractivity contribution in [2.24, 2.45) is 5.10 Å². The van der Waals surface area contributed by atoms with Gasteiger partial charge in [0.1, 0.15) is 12.4 Å². The van der Waals surface area contributed by atoms with Gasteiger partial charge in [0.15, 0.2) is 0 Å². The van der Waals surface area contributed by atoms with Gasteiger partial charge in [-0.15, -0.1) is 0 Å². The average molecular weight is 548 g/mol. The normalized spacial score (nSPS) is 11.3. The van der Waals surface area contributed by atoms with Crippen LogP contribution in [0.5, 0.6) is 5.75 Å². The number of nitrogens with one attached hydrogen (secondary N) is 2. The van der Waals surface area contributed by atoms with Gasteiger partial charge in [0.25, 0.3) is 0 Å². The van der Waals surface area contributed by atoms with E-state index in [9.17, 15) is 22.8 Å². The molecule has 0 aliphatic carbocycles. The fourth-order valence-corrected chi connectivity index (χ4v) is 3.18. The molecule has 0 spiro atoms. The van der Waals surface area contributed by atoms with Gasteiger partial charge in [-0.25, -0.2) is 5.43 Å². The molecule has 0 heterocycles. The number of ether oxygens (including phenoxy) is 1. The molecule has 182 valence electrons. The van der Waals surface area contributed by atoms with Crippen LogP contribution in [0.4, 0.5) is 18.9 Å². The number of hydrazone groups is 1. The first-order valence-electron chi connectivity index (χ1n) is 10.5. The Bertz CT molecular complexity index is 1200. The maximum Gasteiger partial charge on any atom is 0.416 e. The summed E-state index contributed by atoms with van der Waals surface area (Å²) in [7, 11) is 0. The number of amides is 2. The molecule has 0 saturated heterocycles. The molecular weight excluding hydrogens is 527 g/mol. The Morgan fingerprint density at radius 3 is 2.40 bits per heavy atom. The van der Waals surface area contributed by atoms with Crippen LogP contribution in [0, 0.1) is 0 Å². The zero-order chi connectivity index (χ0) is 25.3. The molecule has 0 saturated carbocycles. The van der Waals surface area contributed by atoms with Crippen LogP contribution in [0.3, 0.4) is 0 Å². The number of nitrogens with zero attached hydrogens (tertiary/aromatic N) is 1. The first-order valence-corrected chi connectivity index (χ1v) is 11.3. The van der Waals surface area contributed by atoms with E-state index >= 15 is 0 Å². The zero-order valence-corrected chi connectivity index (χ0v) is 19.9. The Labute approximate surface area is 208 Å². The lowest BCUT2D eigenvalue weighted by Gasteiger charge is -2.10. The van der Waals surface area contributed by atoms with Gasteiger partial charge in [-0.3, -0.25) is 9.59 Å². The molecule has 0 radical (unpaired) electrons. The number of halogens is 4. The summed E-state index contributed by atoms with van der Waals surface area (Å²) >= 11 is 3.38. The summed E-state index contributed by atoms with van der Waals surface area (Å²) in [6, 6.07) is 19.1. The van der Waals surface area contributed by atoms with Crippen LogP contribution in [0.1, 0.15) is 29.5 Å². The van der Waals surface area contributed by atoms with Gasteiger partial charge in [-0.2, -0.15) is 18.3 Å². The van der Waals surface area contributed by atoms with Crippen LogP contribution in [-0.2, 0) is 22.4 Å². The van der Waals surface area contributed by atoms with Gasteiger partial charge in [0.2, 0.25) is 11.8 Å². The molecular formula is C25H21BrF3N3O3. The third-order valence-electron chi connectivity index (χ3n) is 4.67. The number of hydrogen-bond donors (Lipinski definition) is 2. The summed E-state index contributed by atoms with van der Waals surface area (Å²) < 4.78 is 45.1. The molecule has 2 N–H and O–H groups in total. The maximum absolute atomic E-state index is 12.8. The molecule has 0 aliphatic heterocycles. The fraction of sp³-hybridized carbons (Fsp3) is 0.160. The highest BCUT2D eigenvalue weighted by Crippen LogP contribution is 2.30. The van der Waals surface area contributed by atoms with Gasteiger partial charge in [-0.1, -0.05) is 46.3 Å². The Kier molecular flexibility index (Phi) is 9.02. The Morgan fingerprint density at radius 2 is 1.66 bits per heavy atom. The van der Waals surface area contributed by atoms with Crippen LogP contribution in [0.25, 0.3) is 0 Å². The van der Waals surface area contributed by atoms with Crippen molar-refractivity contribution in [1.82, 2.24) is 5.43 Å². The first-order chi connectivity index (χ1) is 16.7. The predicted octanol–water partition coefficient (Wildman–Crippen LogP) is 5.92. The Hall–Kier alpha value is -3.66. The number of anilines is 1. The van der Waals surface area contributed by atoms with Gasteiger partial charge in [0, 0.05) is 28.6 Å². The number of rotatable bonds is 9. The van der Waals surface area contributed by atoms with E-state index in [2.05, 4.69) is 31.8 Å². The summed E-state index contributed by atoms with van der Waals surface area (Å²) in [5.74, 6) is -0.530. The summed E-state index contributed by atoms with van der Waals surface area (Å²) in [5.41, 5.74) is 3.09. The smallest absolute Gasteiger partial charge is 0.416 e. The number of carbonyl (C=O) groups excluding carboxylic acids is 2. The lowest BCUT2D eigenvalue weighted by atomic mass is 10.2. The molecule has 0 fully saturated rings. The van der Waals surface area contributed by atoms with Crippen molar-refractivity contribution < 1.29 is 27.5 Å². The minimum absolute atomic E-state index is 0.00278. The fourth-order valence-electron chi connectivity index (χ4n) is 2.91. The maximum atomic E-state index is 12.8. The highest BCUT2D eigenvalue weighted by molar-refractivity contribution is 9.10. The first kappa shape index (κ1) is 26.0. The van der Waals surface area contributed by atoms with E-state index in [0.717, 1.165) is 22.2 Å². The minimum atomic E-state index is -4.51. The van der Waals surface area contributed by atoms with E-state index in [1.165, 1.54) is 18.3 Å². The molecule has 6 nitrogen and oxygen atoms in total. The summed E-state index contributed by atoms with van der Waals surface area (Å²) in [6.45, 7) is 0.353. The summed E-state index contributed by atoms with van der Waals surface area (Å²) in [5, 5.41) is 6.26. The molecule has 2 amide bonds. The monoisotopic (exact) mass is 547 g/mol. The van der Waals surface area contributed by atoms with Crippen molar-refractivity contribution in [3.63, 3.8) is 0 Å². The number of alkyl halides is 3. The molecule has 0 aromatic heterocycles. The van der Waals surface area contributed by atoms with E-state index in [1.54, 1.807) is 18.2 Å². The van der Waals surface area contributed by atoms with Gasteiger partial charge in [-0.05, 0) is 48.0 Å². The minimum Gasteiger partial charge on any atom is -0.488 e. The third-order valence-corrected chi connectivity index (χ3v) is 5.20. The van der Waals surface area contributed by atoms with Gasteiger partial charge >= 0.3 is 6.18 Å². The van der Waals surface area contributed by atoms with Crippen LogP contribution < -0.4 is 15.5 Å². The van der Waals surface area contributed by atoms with Crippen molar-refractivity contribution in [2.45, 2.75) is 25.6 Å². The molecule has 0 bridgehead atoms. The summed E-state index contributed by atoms with van der Waals surface area (Å²) in [6.07, 6.45) is -3.49. The molecule has 0 atom stereocenters. The number of para-hydroxylation sites is 1. The Morgan fingerprint density at radius 1 is 0.943 bits per heavy atom. The molecule has 0 unspecified atom stereocenters. The highest BCUT2D eigenvalue weighted by atomic mass is 79.9. The second-order valence-corrected chi connectivity index (χ2v) is 8.29. The predicted molar refractivity (Wildman–Crippen MR) is 130 cm³/mol. The molecule has 3 aromatic carbocycles. The average Bonchev–Trinajstić information content (AvgIpc) is 2.83. The Balaban J connectivity index is 1.46. The number of benzene rings is 3. The van der Waals surface area contributed by atoms with Crippen LogP contribution in [0.2, 0.25) is 0 Å². The third kappa shape index (κ3) is 8.56. The zero-order valence-electron chi connectivity index (χ0n) is 18.3. The van der Waals surface area contributed by atoms with Crippen molar-refractivity contribution in [1.29, 1.82) is 0 Å². The SMILES string of the molecule is O=C(CCC(=O)Nc1cccc(C(F)(F)F)c1)NN=Cc1ccccc1OCc1ccc(Br)cc1. The standard InChI is InChI=1S/C25H21BrF3N3O3/c26-20-10-8-17(9-11-20)16-35-22-7-2-1-4-18(22)15-30-32-24(34)13-12-23(33)31-21-6-3-5-19(14-21)25(27,28)29/h1-11,14-15H,12-13,16H2,(H,31,33)(H,32,34). The van der Waals surface area contributed by atoms with E-state index < -0.39 is 23.6 Å². The molecule has 35 heavy (non-hydrogen) atoms. The van der Waals surface area contributed by atoms with Crippen molar-refractivity contribution >= 4 is 39.6 Å². The van der Waals surface area contributed by atoms with Gasteiger partial charge in [0.05, 0.1) is 11.8 Å². The van der Waals surface area contributed by atoms with E-state index in [4.69, 9.17) is 4.74 Å². The largest absolute Gasteiger partial charge is 0.488 e. The molecule has 3 rings (SSSR count).